The van der Waals surface area contributed by atoms with Gasteiger partial charge in [-0.3, -0.25) is 13.9 Å². The molecule has 1 aromatic heterocycles. The Morgan fingerprint density at radius 2 is 1.88 bits per heavy atom. The van der Waals surface area contributed by atoms with E-state index in [0.29, 0.717) is 25.5 Å². The Morgan fingerprint density at radius 3 is 2.41 bits per heavy atom. The van der Waals surface area contributed by atoms with Gasteiger partial charge in [0, 0.05) is 25.7 Å². The van der Waals surface area contributed by atoms with Crippen LogP contribution in [0.15, 0.2) is 27.8 Å². The number of aromatic nitrogens is 2. The van der Waals surface area contributed by atoms with Gasteiger partial charge in [-0.2, -0.15) is 0 Å². The zero-order valence-corrected chi connectivity index (χ0v) is 10.6. The zero-order chi connectivity index (χ0) is 12.8. The van der Waals surface area contributed by atoms with Crippen LogP contribution in [0.3, 0.4) is 0 Å². The molecule has 0 spiro atoms. The van der Waals surface area contributed by atoms with Gasteiger partial charge in [-0.15, -0.1) is 0 Å². The van der Waals surface area contributed by atoms with Crippen molar-refractivity contribution in [3.05, 3.63) is 39.1 Å². The number of nitrogens with zero attached hydrogens (tertiary/aromatic N) is 2. The molecule has 1 rings (SSSR count). The van der Waals surface area contributed by atoms with Gasteiger partial charge >= 0.3 is 5.69 Å². The molecule has 17 heavy (non-hydrogen) atoms. The molecule has 0 radical (unpaired) electrons. The molecule has 0 saturated heterocycles. The fourth-order valence-corrected chi connectivity index (χ4v) is 1.64. The normalized spacial score (nSPS) is 11.0. The number of hydrogen-bond acceptors (Lipinski definition) is 3. The smallest absolute Gasteiger partial charge is 0.332 e. The lowest BCUT2D eigenvalue weighted by Gasteiger charge is -2.13. The molecule has 0 aromatic carbocycles. The first-order valence-corrected chi connectivity index (χ1v) is 5.85. The van der Waals surface area contributed by atoms with E-state index in [2.05, 4.69) is 5.32 Å². The Morgan fingerprint density at radius 1 is 1.24 bits per heavy atom. The van der Waals surface area contributed by atoms with E-state index in [4.69, 9.17) is 0 Å². The van der Waals surface area contributed by atoms with Crippen LogP contribution in [0.2, 0.25) is 0 Å². The summed E-state index contributed by atoms with van der Waals surface area (Å²) in [7, 11) is 0. The van der Waals surface area contributed by atoms with Crippen LogP contribution in [0, 0.1) is 0 Å². The van der Waals surface area contributed by atoms with Crippen molar-refractivity contribution in [1.82, 2.24) is 9.13 Å². The van der Waals surface area contributed by atoms with Crippen LogP contribution in [0.5, 0.6) is 0 Å². The second-order valence-electron chi connectivity index (χ2n) is 3.59. The summed E-state index contributed by atoms with van der Waals surface area (Å²) in [6, 6.07) is 1.47. The largest absolute Gasteiger partial charge is 0.368 e. The molecular formula is C12H19N3O2. The average molecular weight is 237 g/mol. The standard InChI is InChI=1S/C12H19N3O2/c1-4-7-8-13-10-9-11(16)15(6-3)12(17)14(10)5-2/h4,7,9,13H,5-6,8H2,1-3H3/b7-4+. The van der Waals surface area contributed by atoms with Gasteiger partial charge in [-0.1, -0.05) is 12.2 Å². The highest BCUT2D eigenvalue weighted by atomic mass is 16.2. The predicted molar refractivity (Wildman–Crippen MR) is 69.6 cm³/mol. The minimum absolute atomic E-state index is 0.259. The van der Waals surface area contributed by atoms with Crippen LogP contribution in [0.4, 0.5) is 5.82 Å². The molecule has 94 valence electrons. The molecule has 0 amide bonds. The third-order valence-electron chi connectivity index (χ3n) is 2.55. The summed E-state index contributed by atoms with van der Waals surface area (Å²) in [6.07, 6.45) is 3.84. The van der Waals surface area contributed by atoms with E-state index in [0.717, 1.165) is 0 Å². The SMILES string of the molecule is C/C=C/CNc1cc(=O)n(CC)c(=O)n1CC. The lowest BCUT2D eigenvalue weighted by atomic mass is 10.4. The highest BCUT2D eigenvalue weighted by Crippen LogP contribution is 2.00. The molecule has 0 fully saturated rings. The van der Waals surface area contributed by atoms with Crippen molar-refractivity contribution >= 4 is 5.82 Å². The van der Waals surface area contributed by atoms with Gasteiger partial charge in [-0.05, 0) is 20.8 Å². The lowest BCUT2D eigenvalue weighted by Crippen LogP contribution is -2.39. The molecule has 1 aromatic rings. The maximum absolute atomic E-state index is 12.0. The monoisotopic (exact) mass is 237 g/mol. The summed E-state index contributed by atoms with van der Waals surface area (Å²) in [6.45, 7) is 7.13. The van der Waals surface area contributed by atoms with Crippen molar-refractivity contribution in [2.24, 2.45) is 0 Å². The molecule has 0 unspecified atom stereocenters. The summed E-state index contributed by atoms with van der Waals surface area (Å²) in [5.74, 6) is 0.574. The van der Waals surface area contributed by atoms with E-state index in [1.807, 2.05) is 26.0 Å². The van der Waals surface area contributed by atoms with Crippen LogP contribution in [0.25, 0.3) is 0 Å². The predicted octanol–water partition coefficient (Wildman–Crippen LogP) is 1.04. The van der Waals surface area contributed by atoms with Gasteiger partial charge in [0.05, 0.1) is 0 Å². The second-order valence-corrected chi connectivity index (χ2v) is 3.59. The Kier molecular flexibility index (Phi) is 4.75. The van der Waals surface area contributed by atoms with Crippen molar-refractivity contribution in [3.63, 3.8) is 0 Å². The number of hydrogen-bond donors (Lipinski definition) is 1. The highest BCUT2D eigenvalue weighted by molar-refractivity contribution is 5.34. The van der Waals surface area contributed by atoms with Crippen molar-refractivity contribution in [3.8, 4) is 0 Å². The van der Waals surface area contributed by atoms with Gasteiger partial charge < -0.3 is 5.32 Å². The molecule has 5 nitrogen and oxygen atoms in total. The fraction of sp³-hybridized carbons (Fsp3) is 0.500. The maximum Gasteiger partial charge on any atom is 0.332 e. The summed E-state index contributed by atoms with van der Waals surface area (Å²) in [5.41, 5.74) is -0.518. The molecule has 0 aliphatic carbocycles. The van der Waals surface area contributed by atoms with Crippen LogP contribution >= 0.6 is 0 Å². The first-order chi connectivity index (χ1) is 8.15. The third kappa shape index (κ3) is 2.87. The summed E-state index contributed by atoms with van der Waals surface area (Å²) < 4.78 is 2.79. The van der Waals surface area contributed by atoms with E-state index >= 15 is 0 Å². The van der Waals surface area contributed by atoms with E-state index in [-0.39, 0.29) is 11.2 Å². The Labute approximate surface area is 100 Å². The second kappa shape index (κ2) is 6.08. The molecule has 0 saturated carbocycles. The molecule has 5 heteroatoms. The summed E-state index contributed by atoms with van der Waals surface area (Å²) in [5, 5.41) is 3.06. The molecule has 0 aliphatic heterocycles. The van der Waals surface area contributed by atoms with Crippen molar-refractivity contribution in [2.45, 2.75) is 33.9 Å². The van der Waals surface area contributed by atoms with E-state index in [9.17, 15) is 9.59 Å². The Bertz CT molecular complexity index is 511. The first kappa shape index (κ1) is 13.3. The van der Waals surface area contributed by atoms with E-state index in [1.165, 1.54) is 10.6 Å². The molecule has 0 atom stereocenters. The first-order valence-electron chi connectivity index (χ1n) is 5.85. The van der Waals surface area contributed by atoms with Crippen molar-refractivity contribution in [2.75, 3.05) is 11.9 Å². The average Bonchev–Trinajstić information content (AvgIpc) is 2.30. The third-order valence-corrected chi connectivity index (χ3v) is 2.55. The fourth-order valence-electron chi connectivity index (χ4n) is 1.64. The molecule has 0 aliphatic rings. The topological polar surface area (TPSA) is 56.0 Å². The number of rotatable bonds is 5. The molecule has 0 bridgehead atoms. The Hall–Kier alpha value is -1.78. The van der Waals surface area contributed by atoms with Crippen molar-refractivity contribution in [1.29, 1.82) is 0 Å². The van der Waals surface area contributed by atoms with Crippen LogP contribution in [-0.2, 0) is 13.1 Å². The van der Waals surface area contributed by atoms with E-state index in [1.54, 1.807) is 11.5 Å². The van der Waals surface area contributed by atoms with Crippen LogP contribution in [0.1, 0.15) is 20.8 Å². The van der Waals surface area contributed by atoms with Gasteiger partial charge in [0.25, 0.3) is 5.56 Å². The minimum Gasteiger partial charge on any atom is -0.368 e. The maximum atomic E-state index is 12.0. The van der Waals surface area contributed by atoms with Gasteiger partial charge in [0.1, 0.15) is 5.82 Å². The highest BCUT2D eigenvalue weighted by Gasteiger charge is 2.07. The molecule has 1 heterocycles. The van der Waals surface area contributed by atoms with Crippen molar-refractivity contribution < 1.29 is 0 Å². The zero-order valence-electron chi connectivity index (χ0n) is 10.6. The summed E-state index contributed by atoms with van der Waals surface area (Å²) in [4.78, 5) is 23.7. The minimum atomic E-state index is -0.259. The van der Waals surface area contributed by atoms with Crippen LogP contribution < -0.4 is 16.6 Å². The van der Waals surface area contributed by atoms with Gasteiger partial charge in [0.15, 0.2) is 0 Å². The van der Waals surface area contributed by atoms with E-state index < -0.39 is 0 Å². The Balaban J connectivity index is 3.22. The number of allylic oxidation sites excluding steroid dienone is 1. The van der Waals surface area contributed by atoms with Crippen LogP contribution in [-0.4, -0.2) is 15.7 Å². The van der Waals surface area contributed by atoms with Gasteiger partial charge in [-0.25, -0.2) is 4.79 Å². The quantitative estimate of drug-likeness (QED) is 0.778. The number of anilines is 1. The lowest BCUT2D eigenvalue weighted by molar-refractivity contribution is 0.592. The summed E-state index contributed by atoms with van der Waals surface area (Å²) >= 11 is 0. The molecule has 1 N–H and O–H groups in total. The molecular weight excluding hydrogens is 218 g/mol. The van der Waals surface area contributed by atoms with Gasteiger partial charge in [0.2, 0.25) is 0 Å². The number of nitrogens with one attached hydrogen (secondary N) is 1.